The highest BCUT2D eigenvalue weighted by Gasteiger charge is 2.25. The highest BCUT2D eigenvalue weighted by atomic mass is 32.2. The summed E-state index contributed by atoms with van der Waals surface area (Å²) in [5, 5.41) is 12.1. The van der Waals surface area contributed by atoms with Crippen LogP contribution in [-0.4, -0.2) is 61.6 Å². The molecule has 1 aromatic heterocycles. The predicted molar refractivity (Wildman–Crippen MR) is 166 cm³/mol. The van der Waals surface area contributed by atoms with Crippen LogP contribution in [0.1, 0.15) is 46.7 Å². The van der Waals surface area contributed by atoms with E-state index in [1.54, 1.807) is 18.3 Å². The number of hydrogen-bond donors (Lipinski definition) is 2. The Bertz CT molecular complexity index is 1680. The van der Waals surface area contributed by atoms with E-state index in [1.807, 2.05) is 74.5 Å². The minimum absolute atomic E-state index is 0.159. The Kier molecular flexibility index (Phi) is 11.0. The molecular weight excluding hydrogens is 584 g/mol. The average Bonchev–Trinajstić information content (AvgIpc) is 3.49. The molecule has 0 bridgehead atoms. The molecule has 10 nitrogen and oxygen atoms in total. The number of aryl methyl sites for hydroxylation is 1. The number of aliphatic carboxylic acids is 1. The first kappa shape index (κ1) is 32.6. The van der Waals surface area contributed by atoms with E-state index in [9.17, 15) is 23.1 Å². The molecule has 2 atom stereocenters. The fourth-order valence-electron chi connectivity index (χ4n) is 4.59. The summed E-state index contributed by atoms with van der Waals surface area (Å²) in [6, 6.07) is 20.9. The molecule has 0 saturated carbocycles. The molecule has 0 aliphatic heterocycles. The third-order valence-electron chi connectivity index (χ3n) is 6.93. The second-order valence-corrected chi connectivity index (χ2v) is 12.6. The molecule has 0 radical (unpaired) electrons. The van der Waals surface area contributed by atoms with Gasteiger partial charge in [-0.05, 0) is 66.8 Å². The first-order valence-corrected chi connectivity index (χ1v) is 16.2. The average molecular weight is 621 g/mol. The normalized spacial score (nSPS) is 12.9. The van der Waals surface area contributed by atoms with Gasteiger partial charge in [0.05, 0.1) is 25.2 Å². The zero-order chi connectivity index (χ0) is 31.7. The first-order chi connectivity index (χ1) is 21.1. The third-order valence-corrected chi connectivity index (χ3v) is 7.91. The maximum absolute atomic E-state index is 13.4. The van der Waals surface area contributed by atoms with E-state index in [1.165, 1.54) is 0 Å². The number of benzene rings is 3. The molecule has 232 valence electrons. The topological polar surface area (TPSA) is 145 Å². The maximum Gasteiger partial charge on any atom is 0.326 e. The van der Waals surface area contributed by atoms with Crippen LogP contribution < -0.4 is 5.32 Å². The summed E-state index contributed by atoms with van der Waals surface area (Å²) < 4.78 is 41.2. The van der Waals surface area contributed by atoms with E-state index in [2.05, 4.69) is 10.3 Å². The van der Waals surface area contributed by atoms with Gasteiger partial charge in [0.15, 0.2) is 5.76 Å². The molecular formula is C33H36N2O8S. The Morgan fingerprint density at radius 1 is 1.02 bits per heavy atom. The smallest absolute Gasteiger partial charge is 0.326 e. The zero-order valence-electron chi connectivity index (χ0n) is 24.9. The SMILES string of the molecule is CCOCC(OCc1ccc(C(=O)NC(CCS(C)(=O)=O)C(=O)O)c(-c2ccccc2C)c1)c1cnc(-c2ccccc2)o1. The minimum atomic E-state index is -3.42. The number of nitrogens with zero attached hydrogens (tertiary/aromatic N) is 1. The summed E-state index contributed by atoms with van der Waals surface area (Å²) in [5.41, 5.74) is 4.14. The number of carboxylic acid groups (broad SMARTS) is 1. The standard InChI is InChI=1S/C33H36N2O8S/c1-4-41-21-30(29-19-34-32(43-29)24-11-6-5-7-12-24)42-20-23-14-15-26(27(18-23)25-13-9-8-10-22(25)2)31(36)35-28(33(37)38)16-17-44(3,39)40/h5-15,18-19,28,30H,4,16-17,20-21H2,1-3H3,(H,35,36)(H,37,38). The second-order valence-electron chi connectivity index (χ2n) is 10.4. The summed E-state index contributed by atoms with van der Waals surface area (Å²) >= 11 is 0. The van der Waals surface area contributed by atoms with E-state index in [0.717, 1.165) is 28.5 Å². The number of hydrogen-bond acceptors (Lipinski definition) is 8. The lowest BCUT2D eigenvalue weighted by Gasteiger charge is -2.19. The lowest BCUT2D eigenvalue weighted by molar-refractivity contribution is -0.139. The molecule has 44 heavy (non-hydrogen) atoms. The predicted octanol–water partition coefficient (Wildman–Crippen LogP) is 5.23. The lowest BCUT2D eigenvalue weighted by atomic mass is 9.93. The van der Waals surface area contributed by atoms with E-state index < -0.39 is 33.9 Å². The quantitative estimate of drug-likeness (QED) is 0.182. The Morgan fingerprint density at radius 2 is 1.75 bits per heavy atom. The minimum Gasteiger partial charge on any atom is -0.480 e. The monoisotopic (exact) mass is 620 g/mol. The van der Waals surface area contributed by atoms with Crippen LogP contribution in [-0.2, 0) is 30.7 Å². The van der Waals surface area contributed by atoms with Crippen LogP contribution in [0, 0.1) is 6.92 Å². The number of aromatic nitrogens is 1. The van der Waals surface area contributed by atoms with Crippen LogP contribution in [0.3, 0.4) is 0 Å². The number of rotatable bonds is 15. The molecule has 3 aromatic carbocycles. The van der Waals surface area contributed by atoms with Crippen molar-refractivity contribution in [1.82, 2.24) is 10.3 Å². The van der Waals surface area contributed by atoms with Crippen LogP contribution in [0.25, 0.3) is 22.6 Å². The first-order valence-electron chi connectivity index (χ1n) is 14.2. The Balaban J connectivity index is 1.59. The number of carbonyl (C=O) groups is 2. The summed E-state index contributed by atoms with van der Waals surface area (Å²) in [4.78, 5) is 29.6. The van der Waals surface area contributed by atoms with Gasteiger partial charge >= 0.3 is 5.97 Å². The summed E-state index contributed by atoms with van der Waals surface area (Å²) in [6.45, 7) is 4.70. The Labute approximate surface area is 257 Å². The number of oxazole rings is 1. The van der Waals surface area contributed by atoms with E-state index >= 15 is 0 Å². The van der Waals surface area contributed by atoms with Crippen molar-refractivity contribution in [2.75, 3.05) is 25.2 Å². The summed E-state index contributed by atoms with van der Waals surface area (Å²) in [6.07, 6.45) is 1.85. The fourth-order valence-corrected chi connectivity index (χ4v) is 5.25. The van der Waals surface area contributed by atoms with Gasteiger partial charge in [0, 0.05) is 24.0 Å². The number of amides is 1. The van der Waals surface area contributed by atoms with Gasteiger partial charge in [-0.1, -0.05) is 48.5 Å². The van der Waals surface area contributed by atoms with Gasteiger partial charge in [-0.3, -0.25) is 4.79 Å². The number of sulfone groups is 1. The number of nitrogens with one attached hydrogen (secondary N) is 1. The summed E-state index contributed by atoms with van der Waals surface area (Å²) in [7, 11) is -3.42. The van der Waals surface area contributed by atoms with Crippen LogP contribution >= 0.6 is 0 Å². The highest BCUT2D eigenvalue weighted by molar-refractivity contribution is 7.90. The van der Waals surface area contributed by atoms with Crippen molar-refractivity contribution in [1.29, 1.82) is 0 Å². The Hall–Kier alpha value is -4.32. The number of carbonyl (C=O) groups excluding carboxylic acids is 1. The molecule has 11 heteroatoms. The molecule has 4 aromatic rings. The van der Waals surface area contributed by atoms with E-state index in [0.29, 0.717) is 23.8 Å². The van der Waals surface area contributed by atoms with E-state index in [4.69, 9.17) is 13.9 Å². The molecule has 0 aliphatic rings. The van der Waals surface area contributed by atoms with Gasteiger partial charge in [0.2, 0.25) is 5.89 Å². The van der Waals surface area contributed by atoms with E-state index in [-0.39, 0.29) is 31.0 Å². The molecule has 0 spiro atoms. The van der Waals surface area contributed by atoms with Gasteiger partial charge in [-0.15, -0.1) is 0 Å². The maximum atomic E-state index is 13.4. The van der Waals surface area contributed by atoms with Crippen molar-refractivity contribution in [3.8, 4) is 22.6 Å². The third kappa shape index (κ3) is 8.85. The van der Waals surface area contributed by atoms with Crippen LogP contribution in [0.15, 0.2) is 83.4 Å². The Morgan fingerprint density at radius 3 is 2.43 bits per heavy atom. The van der Waals surface area contributed by atoms with Crippen molar-refractivity contribution in [3.05, 3.63) is 101 Å². The van der Waals surface area contributed by atoms with Crippen LogP contribution in [0.5, 0.6) is 0 Å². The van der Waals surface area contributed by atoms with Gasteiger partial charge in [-0.25, -0.2) is 18.2 Å². The molecule has 2 N–H and O–H groups in total. The molecule has 4 rings (SSSR count). The van der Waals surface area contributed by atoms with Gasteiger partial charge in [-0.2, -0.15) is 0 Å². The fraction of sp³-hybridized carbons (Fsp3) is 0.303. The van der Waals surface area contributed by atoms with Gasteiger partial charge in [0.1, 0.15) is 22.0 Å². The van der Waals surface area contributed by atoms with Crippen molar-refractivity contribution in [2.45, 2.75) is 39.0 Å². The van der Waals surface area contributed by atoms with Crippen molar-refractivity contribution in [2.24, 2.45) is 0 Å². The zero-order valence-corrected chi connectivity index (χ0v) is 25.7. The lowest BCUT2D eigenvalue weighted by Crippen LogP contribution is -2.42. The van der Waals surface area contributed by atoms with Crippen molar-refractivity contribution < 1.29 is 37.0 Å². The highest BCUT2D eigenvalue weighted by Crippen LogP contribution is 2.30. The molecule has 0 fully saturated rings. The van der Waals surface area contributed by atoms with Crippen molar-refractivity contribution >= 4 is 21.7 Å². The molecule has 2 unspecified atom stereocenters. The number of carboxylic acids is 1. The number of ether oxygens (including phenoxy) is 2. The molecule has 1 heterocycles. The van der Waals surface area contributed by atoms with Gasteiger partial charge in [0.25, 0.3) is 5.91 Å². The molecule has 0 saturated heterocycles. The largest absolute Gasteiger partial charge is 0.480 e. The summed E-state index contributed by atoms with van der Waals surface area (Å²) in [5.74, 6) is -1.32. The van der Waals surface area contributed by atoms with Crippen LogP contribution in [0.2, 0.25) is 0 Å². The van der Waals surface area contributed by atoms with Crippen molar-refractivity contribution in [3.63, 3.8) is 0 Å². The van der Waals surface area contributed by atoms with Crippen LogP contribution in [0.4, 0.5) is 0 Å². The molecule has 0 aliphatic carbocycles. The molecule has 1 amide bonds. The van der Waals surface area contributed by atoms with Gasteiger partial charge < -0.3 is 24.3 Å². The second kappa shape index (κ2) is 14.9.